The first-order valence-corrected chi connectivity index (χ1v) is 7.19. The van der Waals surface area contributed by atoms with Gasteiger partial charge in [-0.25, -0.2) is 17.9 Å². The number of nitrogens with one attached hydrogen (secondary N) is 1. The molecule has 5 nitrogen and oxygen atoms in total. The van der Waals surface area contributed by atoms with Gasteiger partial charge in [-0.05, 0) is 38.5 Å². The average Bonchev–Trinajstić information content (AvgIpc) is 2.28. The number of sulfonamides is 1. The van der Waals surface area contributed by atoms with E-state index >= 15 is 0 Å². The lowest BCUT2D eigenvalue weighted by molar-refractivity contribution is 0.0696. The third-order valence-corrected chi connectivity index (χ3v) is 4.07. The summed E-state index contributed by atoms with van der Waals surface area (Å²) < 4.78 is 26.6. The monoisotopic (exact) mass is 283 g/mol. The van der Waals surface area contributed by atoms with Crippen molar-refractivity contribution in [2.45, 2.75) is 25.7 Å². The van der Waals surface area contributed by atoms with Crippen LogP contribution in [0.15, 0.2) is 34.7 Å². The second-order valence-electron chi connectivity index (χ2n) is 4.42. The third-order valence-electron chi connectivity index (χ3n) is 2.51. The molecular formula is C13H17NO4S. The first-order valence-electron chi connectivity index (χ1n) is 5.71. The van der Waals surface area contributed by atoms with Crippen LogP contribution in [0.2, 0.25) is 0 Å². The van der Waals surface area contributed by atoms with Gasteiger partial charge in [0.2, 0.25) is 10.0 Å². The molecule has 0 radical (unpaired) electrons. The molecule has 0 aliphatic rings. The van der Waals surface area contributed by atoms with Crippen LogP contribution in [0.25, 0.3) is 0 Å². The molecule has 0 saturated carbocycles. The summed E-state index contributed by atoms with van der Waals surface area (Å²) >= 11 is 0. The summed E-state index contributed by atoms with van der Waals surface area (Å²) in [5, 5.41) is 8.89. The molecular weight excluding hydrogens is 266 g/mol. The van der Waals surface area contributed by atoms with Crippen LogP contribution in [0.1, 0.15) is 29.8 Å². The highest BCUT2D eigenvalue weighted by Crippen LogP contribution is 2.17. The molecule has 1 aromatic carbocycles. The molecule has 0 spiro atoms. The number of carboxylic acid groups (broad SMARTS) is 1. The smallest absolute Gasteiger partial charge is 0.335 e. The Morgan fingerprint density at radius 1 is 1.37 bits per heavy atom. The van der Waals surface area contributed by atoms with Crippen molar-refractivity contribution in [1.29, 1.82) is 0 Å². The Balaban J connectivity index is 3.10. The minimum Gasteiger partial charge on any atom is -0.478 e. The number of aryl methyl sites for hydroxylation is 1. The lowest BCUT2D eigenvalue weighted by atomic mass is 10.1. The summed E-state index contributed by atoms with van der Waals surface area (Å²) in [5.41, 5.74) is 1.46. The number of aromatic carboxylic acids is 1. The Labute approximate surface area is 113 Å². The van der Waals surface area contributed by atoms with Crippen molar-refractivity contribution in [1.82, 2.24) is 4.72 Å². The topological polar surface area (TPSA) is 83.5 Å². The lowest BCUT2D eigenvalue weighted by Crippen LogP contribution is -2.25. The molecule has 0 heterocycles. The molecule has 0 aliphatic carbocycles. The van der Waals surface area contributed by atoms with Gasteiger partial charge in [-0.15, -0.1) is 0 Å². The van der Waals surface area contributed by atoms with E-state index in [1.807, 2.05) is 13.8 Å². The second-order valence-corrected chi connectivity index (χ2v) is 6.15. The van der Waals surface area contributed by atoms with E-state index in [0.717, 1.165) is 5.57 Å². The molecule has 0 unspecified atom stereocenters. The van der Waals surface area contributed by atoms with Crippen LogP contribution in [0.3, 0.4) is 0 Å². The van der Waals surface area contributed by atoms with Crippen LogP contribution in [0, 0.1) is 6.92 Å². The molecule has 19 heavy (non-hydrogen) atoms. The van der Waals surface area contributed by atoms with Gasteiger partial charge in [0.1, 0.15) is 0 Å². The first kappa shape index (κ1) is 15.4. The van der Waals surface area contributed by atoms with Crippen molar-refractivity contribution < 1.29 is 18.3 Å². The van der Waals surface area contributed by atoms with E-state index in [-0.39, 0.29) is 17.0 Å². The summed E-state index contributed by atoms with van der Waals surface area (Å²) in [6, 6.07) is 4.04. The molecule has 1 aromatic rings. The minimum absolute atomic E-state index is 0.00504. The van der Waals surface area contributed by atoms with Crippen molar-refractivity contribution in [3.05, 3.63) is 41.0 Å². The molecule has 1 rings (SSSR count). The Kier molecular flexibility index (Phi) is 4.85. The molecule has 2 N–H and O–H groups in total. The number of hydrogen-bond acceptors (Lipinski definition) is 3. The van der Waals surface area contributed by atoms with Gasteiger partial charge in [0, 0.05) is 6.54 Å². The second kappa shape index (κ2) is 5.99. The maximum Gasteiger partial charge on any atom is 0.335 e. The zero-order chi connectivity index (χ0) is 14.6. The zero-order valence-corrected chi connectivity index (χ0v) is 11.9. The molecule has 104 valence electrons. The zero-order valence-electron chi connectivity index (χ0n) is 11.1. The fourth-order valence-corrected chi connectivity index (χ4v) is 2.69. The van der Waals surface area contributed by atoms with Gasteiger partial charge in [0.05, 0.1) is 10.5 Å². The molecule has 0 bridgehead atoms. The lowest BCUT2D eigenvalue weighted by Gasteiger charge is -2.09. The van der Waals surface area contributed by atoms with Crippen LogP contribution >= 0.6 is 0 Å². The quantitative estimate of drug-likeness (QED) is 0.809. The van der Waals surface area contributed by atoms with Crippen molar-refractivity contribution >= 4 is 16.0 Å². The van der Waals surface area contributed by atoms with Crippen LogP contribution in [0.4, 0.5) is 0 Å². The minimum atomic E-state index is -3.70. The maximum absolute atomic E-state index is 12.1. The fraction of sp³-hybridized carbons (Fsp3) is 0.308. The molecule has 0 atom stereocenters. The van der Waals surface area contributed by atoms with Crippen molar-refractivity contribution in [2.75, 3.05) is 6.54 Å². The highest BCUT2D eigenvalue weighted by molar-refractivity contribution is 7.89. The standard InChI is InChI=1S/C13H17NO4S/c1-9(2)6-7-14-19(17,18)12-8-11(13(15)16)5-4-10(12)3/h4-6,8,14H,7H2,1-3H3,(H,15,16). The number of carboxylic acids is 1. The van der Waals surface area contributed by atoms with E-state index in [2.05, 4.69) is 4.72 Å². The molecule has 0 aliphatic heterocycles. The van der Waals surface area contributed by atoms with Crippen molar-refractivity contribution in [3.63, 3.8) is 0 Å². The van der Waals surface area contributed by atoms with E-state index in [0.29, 0.717) is 5.56 Å². The number of allylic oxidation sites excluding steroid dienone is 1. The molecule has 0 aromatic heterocycles. The Hall–Kier alpha value is -1.66. The Morgan fingerprint density at radius 2 is 2.00 bits per heavy atom. The van der Waals surface area contributed by atoms with Crippen LogP contribution in [-0.2, 0) is 10.0 Å². The van der Waals surface area contributed by atoms with Crippen molar-refractivity contribution in [3.8, 4) is 0 Å². The molecule has 0 fully saturated rings. The van der Waals surface area contributed by atoms with Crippen LogP contribution in [0.5, 0.6) is 0 Å². The summed E-state index contributed by atoms with van der Waals surface area (Å²) in [6.07, 6.45) is 1.74. The van der Waals surface area contributed by atoms with Crippen LogP contribution in [-0.4, -0.2) is 26.0 Å². The van der Waals surface area contributed by atoms with E-state index in [1.165, 1.54) is 18.2 Å². The van der Waals surface area contributed by atoms with Gasteiger partial charge in [-0.2, -0.15) is 0 Å². The number of carbonyl (C=O) groups is 1. The van der Waals surface area contributed by atoms with Crippen LogP contribution < -0.4 is 4.72 Å². The summed E-state index contributed by atoms with van der Waals surface area (Å²) in [7, 11) is -3.70. The largest absolute Gasteiger partial charge is 0.478 e. The number of hydrogen-bond donors (Lipinski definition) is 2. The number of rotatable bonds is 5. The fourth-order valence-electron chi connectivity index (χ4n) is 1.46. The highest BCUT2D eigenvalue weighted by Gasteiger charge is 2.18. The van der Waals surface area contributed by atoms with Gasteiger partial charge in [0.25, 0.3) is 0 Å². The predicted molar refractivity (Wildman–Crippen MR) is 72.8 cm³/mol. The first-order chi connectivity index (χ1) is 8.74. The average molecular weight is 283 g/mol. The SMILES string of the molecule is CC(C)=CCNS(=O)(=O)c1cc(C(=O)O)ccc1C. The molecule has 6 heteroatoms. The predicted octanol–water partition coefficient (Wildman–Crippen LogP) is 1.94. The maximum atomic E-state index is 12.1. The van der Waals surface area contributed by atoms with Gasteiger partial charge in [-0.3, -0.25) is 0 Å². The number of benzene rings is 1. The van der Waals surface area contributed by atoms with Gasteiger partial charge in [0.15, 0.2) is 0 Å². The molecule has 0 amide bonds. The van der Waals surface area contributed by atoms with Crippen molar-refractivity contribution in [2.24, 2.45) is 0 Å². The van der Waals surface area contributed by atoms with Gasteiger partial charge in [-0.1, -0.05) is 17.7 Å². The normalized spacial score (nSPS) is 11.1. The highest BCUT2D eigenvalue weighted by atomic mass is 32.2. The van der Waals surface area contributed by atoms with E-state index in [1.54, 1.807) is 13.0 Å². The van der Waals surface area contributed by atoms with E-state index < -0.39 is 16.0 Å². The third kappa shape index (κ3) is 4.18. The Bertz CT molecular complexity index is 614. The Morgan fingerprint density at radius 3 is 2.53 bits per heavy atom. The summed E-state index contributed by atoms with van der Waals surface area (Å²) in [4.78, 5) is 10.9. The summed E-state index contributed by atoms with van der Waals surface area (Å²) in [5.74, 6) is -1.15. The molecule has 0 saturated heterocycles. The summed E-state index contributed by atoms with van der Waals surface area (Å²) in [6.45, 7) is 5.54. The van der Waals surface area contributed by atoms with E-state index in [4.69, 9.17) is 5.11 Å². The van der Waals surface area contributed by atoms with Gasteiger partial charge >= 0.3 is 5.97 Å². The van der Waals surface area contributed by atoms with E-state index in [9.17, 15) is 13.2 Å². The van der Waals surface area contributed by atoms with Gasteiger partial charge < -0.3 is 5.11 Å².